The summed E-state index contributed by atoms with van der Waals surface area (Å²) in [7, 11) is -3.61. The predicted octanol–water partition coefficient (Wildman–Crippen LogP) is 2.23. The predicted molar refractivity (Wildman–Crippen MR) is 186 cm³/mol. The minimum atomic E-state index is -3.61. The standard InChI is InChI=1S/C35H46N4O11S/c1-6-48-28(40)20-26(18-19-51(5,46)47)36-33(43)30(23(3)4)38-34(44)31(25-16-12-9-13-17-25)39-32(42)27(21-29(41)49-7-2)37-35(45)50-22-24-14-10-8-11-15-24/h8-19,23,26-27,30-31H,6-7,20-22H2,1-5H3,(H,36,43)(H,37,45)(H,38,44)(H,39,42)/b19-18+/t26-,27+,30+,31+/m1/s1. The number of sulfone groups is 1. The first kappa shape index (κ1) is 41.9. The van der Waals surface area contributed by atoms with Gasteiger partial charge in [-0.15, -0.1) is 0 Å². The van der Waals surface area contributed by atoms with Gasteiger partial charge in [0.1, 0.15) is 24.7 Å². The van der Waals surface area contributed by atoms with Gasteiger partial charge in [0, 0.05) is 11.7 Å². The van der Waals surface area contributed by atoms with Crippen LogP contribution < -0.4 is 21.3 Å². The molecule has 0 saturated carbocycles. The SMILES string of the molecule is CCOC(=O)C[C@@H](/C=C/S(C)(=O)=O)NC(=O)[C@@H](NC(=O)[C@@H](NC(=O)[C@H](CC(=O)OCC)NC(=O)OCc1ccccc1)c1ccccc1)C(C)C. The third-order valence-corrected chi connectivity index (χ3v) is 7.66. The number of alkyl carbamates (subject to hydrolysis) is 1. The summed E-state index contributed by atoms with van der Waals surface area (Å²) in [6.07, 6.45) is 0.127. The van der Waals surface area contributed by atoms with Gasteiger partial charge >= 0.3 is 18.0 Å². The number of carbonyl (C=O) groups excluding carboxylic acids is 6. The average molecular weight is 731 g/mol. The summed E-state index contributed by atoms with van der Waals surface area (Å²) in [5, 5.41) is 11.0. The summed E-state index contributed by atoms with van der Waals surface area (Å²) in [4.78, 5) is 78.3. The van der Waals surface area contributed by atoms with Crippen molar-refractivity contribution in [2.75, 3.05) is 19.5 Å². The highest BCUT2D eigenvalue weighted by atomic mass is 32.2. The molecule has 0 unspecified atom stereocenters. The van der Waals surface area contributed by atoms with Crippen molar-refractivity contribution >= 4 is 45.6 Å². The molecule has 0 fully saturated rings. The molecular formula is C35H46N4O11S. The first-order valence-electron chi connectivity index (χ1n) is 16.3. The summed E-state index contributed by atoms with van der Waals surface area (Å²) in [5.74, 6) is -4.49. The van der Waals surface area contributed by atoms with Crippen LogP contribution in [-0.4, -0.2) is 81.8 Å². The molecule has 51 heavy (non-hydrogen) atoms. The molecule has 4 N–H and O–H groups in total. The third-order valence-electron chi connectivity index (χ3n) is 7.00. The Balaban J connectivity index is 2.32. The Labute approximate surface area is 297 Å². The van der Waals surface area contributed by atoms with Gasteiger partial charge in [0.2, 0.25) is 17.7 Å². The van der Waals surface area contributed by atoms with Gasteiger partial charge in [0.05, 0.1) is 32.1 Å². The Bertz CT molecular complexity index is 1620. The van der Waals surface area contributed by atoms with Gasteiger partial charge in [0.25, 0.3) is 0 Å². The number of hydrogen-bond acceptors (Lipinski definition) is 11. The number of amides is 4. The Kier molecular flexibility index (Phi) is 17.3. The van der Waals surface area contributed by atoms with Crippen molar-refractivity contribution < 1.29 is 51.4 Å². The second kappa shape index (κ2) is 21.1. The zero-order chi connectivity index (χ0) is 38.0. The van der Waals surface area contributed by atoms with E-state index in [1.807, 2.05) is 0 Å². The zero-order valence-electron chi connectivity index (χ0n) is 29.2. The van der Waals surface area contributed by atoms with Crippen molar-refractivity contribution in [3.63, 3.8) is 0 Å². The number of hydrogen-bond donors (Lipinski definition) is 4. The van der Waals surface area contributed by atoms with Crippen molar-refractivity contribution in [3.05, 3.63) is 83.3 Å². The topological polar surface area (TPSA) is 212 Å². The molecule has 4 amide bonds. The summed E-state index contributed by atoms with van der Waals surface area (Å²) >= 11 is 0. The van der Waals surface area contributed by atoms with Gasteiger partial charge in [-0.1, -0.05) is 80.6 Å². The number of nitrogens with one attached hydrogen (secondary N) is 4. The highest BCUT2D eigenvalue weighted by Gasteiger charge is 2.33. The molecule has 0 saturated heterocycles. The van der Waals surface area contributed by atoms with Crippen LogP contribution in [-0.2, 0) is 54.6 Å². The third kappa shape index (κ3) is 15.9. The molecule has 0 heterocycles. The van der Waals surface area contributed by atoms with Crippen LogP contribution in [0.15, 0.2) is 72.1 Å². The Morgan fingerprint density at radius 2 is 1.27 bits per heavy atom. The van der Waals surface area contributed by atoms with Crippen LogP contribution in [0.1, 0.15) is 57.7 Å². The molecule has 16 heteroatoms. The molecule has 0 aromatic heterocycles. The highest BCUT2D eigenvalue weighted by molar-refractivity contribution is 7.93. The van der Waals surface area contributed by atoms with Crippen LogP contribution in [0.2, 0.25) is 0 Å². The van der Waals surface area contributed by atoms with E-state index in [9.17, 15) is 37.2 Å². The lowest BCUT2D eigenvalue weighted by atomic mass is 10.00. The van der Waals surface area contributed by atoms with E-state index in [0.29, 0.717) is 11.1 Å². The van der Waals surface area contributed by atoms with E-state index >= 15 is 0 Å². The van der Waals surface area contributed by atoms with Crippen molar-refractivity contribution in [1.29, 1.82) is 0 Å². The Hall–Kier alpha value is -5.25. The lowest BCUT2D eigenvalue weighted by Gasteiger charge is -2.27. The van der Waals surface area contributed by atoms with Gasteiger partial charge in [-0.2, -0.15) is 0 Å². The van der Waals surface area contributed by atoms with E-state index in [4.69, 9.17) is 14.2 Å². The zero-order valence-corrected chi connectivity index (χ0v) is 30.1. The number of esters is 2. The molecule has 2 aromatic carbocycles. The van der Waals surface area contributed by atoms with E-state index in [1.165, 1.54) is 0 Å². The maximum Gasteiger partial charge on any atom is 0.408 e. The van der Waals surface area contributed by atoms with Crippen molar-refractivity contribution in [2.24, 2.45) is 5.92 Å². The van der Waals surface area contributed by atoms with E-state index < -0.39 is 82.1 Å². The number of rotatable bonds is 19. The molecule has 0 bridgehead atoms. The number of ether oxygens (including phenoxy) is 3. The molecule has 0 aliphatic rings. The molecular weight excluding hydrogens is 684 g/mol. The summed E-state index contributed by atoms with van der Waals surface area (Å²) in [6.45, 7) is 6.44. The van der Waals surface area contributed by atoms with Crippen LogP contribution in [0, 0.1) is 5.92 Å². The monoisotopic (exact) mass is 730 g/mol. The lowest BCUT2D eigenvalue weighted by Crippen LogP contribution is -2.56. The van der Waals surface area contributed by atoms with Gasteiger partial charge in [-0.3, -0.25) is 24.0 Å². The summed E-state index contributed by atoms with van der Waals surface area (Å²) in [5.41, 5.74) is 0.992. The molecule has 0 aliphatic heterocycles. The van der Waals surface area contributed by atoms with Crippen molar-refractivity contribution in [3.8, 4) is 0 Å². The maximum atomic E-state index is 13.9. The van der Waals surface area contributed by atoms with E-state index in [0.717, 1.165) is 17.7 Å². The molecule has 2 aromatic rings. The Morgan fingerprint density at radius 1 is 0.706 bits per heavy atom. The van der Waals surface area contributed by atoms with Crippen molar-refractivity contribution in [2.45, 2.75) is 71.3 Å². The average Bonchev–Trinajstić information content (AvgIpc) is 3.07. The molecule has 0 aliphatic carbocycles. The van der Waals surface area contributed by atoms with Crippen LogP contribution in [0.4, 0.5) is 4.79 Å². The van der Waals surface area contributed by atoms with Crippen LogP contribution >= 0.6 is 0 Å². The minimum absolute atomic E-state index is 0.0179. The molecule has 15 nitrogen and oxygen atoms in total. The summed E-state index contributed by atoms with van der Waals surface area (Å²) < 4.78 is 38.6. The van der Waals surface area contributed by atoms with E-state index in [2.05, 4.69) is 21.3 Å². The lowest BCUT2D eigenvalue weighted by molar-refractivity contribution is -0.145. The smallest absolute Gasteiger partial charge is 0.408 e. The van der Waals surface area contributed by atoms with Crippen molar-refractivity contribution in [1.82, 2.24) is 21.3 Å². The normalized spacial score (nSPS) is 13.6. The molecule has 0 radical (unpaired) electrons. The molecule has 0 spiro atoms. The first-order chi connectivity index (χ1) is 24.1. The fourth-order valence-electron chi connectivity index (χ4n) is 4.54. The first-order valence-corrected chi connectivity index (χ1v) is 18.2. The number of benzene rings is 2. The van der Waals surface area contributed by atoms with Gasteiger partial charge < -0.3 is 35.5 Å². The molecule has 4 atom stereocenters. The summed E-state index contributed by atoms with van der Waals surface area (Å²) in [6, 6.07) is 11.6. The van der Waals surface area contributed by atoms with Gasteiger partial charge in [0.15, 0.2) is 9.84 Å². The second-order valence-corrected chi connectivity index (χ2v) is 13.6. The Morgan fingerprint density at radius 3 is 1.82 bits per heavy atom. The molecule has 278 valence electrons. The van der Waals surface area contributed by atoms with Crippen LogP contribution in [0.5, 0.6) is 0 Å². The largest absolute Gasteiger partial charge is 0.466 e. The van der Waals surface area contributed by atoms with E-state index in [1.54, 1.807) is 88.4 Å². The minimum Gasteiger partial charge on any atom is -0.466 e. The molecule has 2 rings (SSSR count). The quantitative estimate of drug-likeness (QED) is 0.122. The van der Waals surface area contributed by atoms with Gasteiger partial charge in [-0.25, -0.2) is 13.2 Å². The maximum absolute atomic E-state index is 13.9. The fourth-order valence-corrected chi connectivity index (χ4v) is 5.01. The van der Waals surface area contributed by atoms with E-state index in [-0.39, 0.29) is 26.2 Å². The van der Waals surface area contributed by atoms with Crippen LogP contribution in [0.3, 0.4) is 0 Å². The highest BCUT2D eigenvalue weighted by Crippen LogP contribution is 2.16. The fraction of sp³-hybridized carbons (Fsp3) is 0.429. The van der Waals surface area contributed by atoms with Crippen LogP contribution in [0.25, 0.3) is 0 Å². The van der Waals surface area contributed by atoms with Gasteiger partial charge in [-0.05, 0) is 30.9 Å². The number of carbonyl (C=O) groups is 6. The second-order valence-electron chi connectivity index (χ2n) is 11.6.